The fourth-order valence-corrected chi connectivity index (χ4v) is 6.02. The topological polar surface area (TPSA) is 20.3 Å². The lowest BCUT2D eigenvalue weighted by Crippen LogP contribution is -2.48. The molecule has 2 aromatic rings. The van der Waals surface area contributed by atoms with Crippen LogP contribution in [0.2, 0.25) is 0 Å². The largest absolute Gasteiger partial charge is 0.300 e. The predicted octanol–water partition coefficient (Wildman–Crippen LogP) is 6.85. The summed E-state index contributed by atoms with van der Waals surface area (Å²) < 4.78 is 0. The monoisotopic (exact) mass is 401 g/mol. The zero-order valence-electron chi connectivity index (χ0n) is 18.4. The molecule has 0 N–H and O–H groups in total. The van der Waals surface area contributed by atoms with Crippen molar-refractivity contribution in [2.24, 2.45) is 5.41 Å². The summed E-state index contributed by atoms with van der Waals surface area (Å²) >= 11 is 0. The van der Waals surface area contributed by atoms with E-state index in [0.717, 1.165) is 17.5 Å². The number of rotatable bonds is 4. The lowest BCUT2D eigenvalue weighted by Gasteiger charge is -2.49. The normalized spacial score (nSPS) is 22.7. The van der Waals surface area contributed by atoms with Gasteiger partial charge in [-0.25, -0.2) is 0 Å². The van der Waals surface area contributed by atoms with Gasteiger partial charge in [0, 0.05) is 11.6 Å². The number of likely N-dealkylation sites (tertiary alicyclic amines) is 1. The molecule has 30 heavy (non-hydrogen) atoms. The molecular weight excluding hydrogens is 366 g/mol. The van der Waals surface area contributed by atoms with Crippen LogP contribution in [0, 0.1) is 5.41 Å². The Balaban J connectivity index is 1.18. The van der Waals surface area contributed by atoms with Crippen molar-refractivity contribution in [3.63, 3.8) is 0 Å². The van der Waals surface area contributed by atoms with Gasteiger partial charge in [-0.15, -0.1) is 0 Å². The van der Waals surface area contributed by atoms with Crippen molar-refractivity contribution >= 4 is 5.78 Å². The van der Waals surface area contributed by atoms with Crippen LogP contribution in [-0.2, 0) is 0 Å². The molecule has 0 amide bonds. The van der Waals surface area contributed by atoms with Crippen molar-refractivity contribution < 1.29 is 4.79 Å². The summed E-state index contributed by atoms with van der Waals surface area (Å²) in [6.07, 6.45) is 12.8. The van der Waals surface area contributed by atoms with Gasteiger partial charge < -0.3 is 4.90 Å². The summed E-state index contributed by atoms with van der Waals surface area (Å²) in [5, 5.41) is 0. The van der Waals surface area contributed by atoms with Crippen LogP contribution < -0.4 is 0 Å². The Morgan fingerprint density at radius 2 is 1.37 bits per heavy atom. The minimum absolute atomic E-state index is 0.126. The number of piperidine rings is 1. The van der Waals surface area contributed by atoms with Gasteiger partial charge in [0.15, 0.2) is 5.78 Å². The second-order valence-corrected chi connectivity index (χ2v) is 10.2. The van der Waals surface area contributed by atoms with Gasteiger partial charge >= 0.3 is 0 Å². The van der Waals surface area contributed by atoms with E-state index in [9.17, 15) is 4.79 Å². The molecular formula is C28H35NO. The van der Waals surface area contributed by atoms with E-state index in [0.29, 0.717) is 5.41 Å². The molecule has 2 nitrogen and oxygen atoms in total. The highest BCUT2D eigenvalue weighted by Crippen LogP contribution is 2.49. The van der Waals surface area contributed by atoms with E-state index >= 15 is 0 Å². The molecule has 1 spiro atoms. The van der Waals surface area contributed by atoms with E-state index in [-0.39, 0.29) is 5.78 Å². The summed E-state index contributed by atoms with van der Waals surface area (Å²) in [5.41, 5.74) is 5.37. The third-order valence-electron chi connectivity index (χ3n) is 8.50. The molecule has 0 bridgehead atoms. The number of carbonyl (C=O) groups is 1. The minimum Gasteiger partial charge on any atom is -0.300 e. The van der Waals surface area contributed by atoms with Crippen molar-refractivity contribution in [2.75, 3.05) is 13.1 Å². The molecule has 0 radical (unpaired) electrons. The van der Waals surface area contributed by atoms with Crippen LogP contribution in [0.25, 0.3) is 11.1 Å². The summed E-state index contributed by atoms with van der Waals surface area (Å²) in [7, 11) is 0. The molecule has 1 aliphatic heterocycles. The van der Waals surface area contributed by atoms with E-state index in [1.54, 1.807) is 6.92 Å². The quantitative estimate of drug-likeness (QED) is 0.522. The standard InChI is InChI=1S/C28H35NO/c1-21(30)22-5-7-23(8-6-22)24-9-11-25(12-10-24)26-13-15-28(16-14-26)17-19-29(20-18-28)27-3-2-4-27/h5-12,26-27H,2-4,13-20H2,1H3. The predicted molar refractivity (Wildman–Crippen MR) is 124 cm³/mol. The molecule has 1 saturated heterocycles. The summed E-state index contributed by atoms with van der Waals surface area (Å²) in [6.45, 7) is 4.33. The highest BCUT2D eigenvalue weighted by molar-refractivity contribution is 5.94. The first-order chi connectivity index (χ1) is 14.6. The molecule has 5 rings (SSSR count). The van der Waals surface area contributed by atoms with Crippen LogP contribution in [0.5, 0.6) is 0 Å². The summed E-state index contributed by atoms with van der Waals surface area (Å²) in [6, 6.07) is 18.1. The number of ketones is 1. The Kier molecular flexibility index (Phi) is 5.54. The van der Waals surface area contributed by atoms with Crippen molar-refractivity contribution in [1.29, 1.82) is 0 Å². The molecule has 0 atom stereocenters. The Morgan fingerprint density at radius 3 is 1.87 bits per heavy atom. The molecule has 0 unspecified atom stereocenters. The number of nitrogens with zero attached hydrogens (tertiary/aromatic N) is 1. The van der Waals surface area contributed by atoms with E-state index in [1.165, 1.54) is 87.6 Å². The van der Waals surface area contributed by atoms with Crippen LogP contribution in [0.15, 0.2) is 48.5 Å². The van der Waals surface area contributed by atoms with E-state index in [1.807, 2.05) is 12.1 Å². The van der Waals surface area contributed by atoms with Gasteiger partial charge in [-0.1, -0.05) is 55.0 Å². The SMILES string of the molecule is CC(=O)c1ccc(-c2ccc(C3CCC4(CC3)CCN(C3CCC3)CC4)cc2)cc1. The maximum atomic E-state index is 11.5. The average molecular weight is 402 g/mol. The molecule has 3 fully saturated rings. The second-order valence-electron chi connectivity index (χ2n) is 10.2. The molecule has 2 aromatic carbocycles. The fourth-order valence-electron chi connectivity index (χ4n) is 6.02. The number of hydrogen-bond acceptors (Lipinski definition) is 2. The van der Waals surface area contributed by atoms with Gasteiger partial charge in [0.05, 0.1) is 0 Å². The second kappa shape index (κ2) is 8.30. The van der Waals surface area contributed by atoms with Crippen molar-refractivity contribution in [3.8, 4) is 11.1 Å². The third-order valence-corrected chi connectivity index (χ3v) is 8.50. The maximum absolute atomic E-state index is 11.5. The average Bonchev–Trinajstić information content (AvgIpc) is 2.75. The number of Topliss-reactive ketones (excluding diaryl/α,β-unsaturated/α-hetero) is 1. The van der Waals surface area contributed by atoms with Gasteiger partial charge in [0.2, 0.25) is 0 Å². The van der Waals surface area contributed by atoms with Gasteiger partial charge in [0.25, 0.3) is 0 Å². The number of carbonyl (C=O) groups excluding carboxylic acids is 1. The maximum Gasteiger partial charge on any atom is 0.159 e. The van der Waals surface area contributed by atoms with Gasteiger partial charge in [-0.3, -0.25) is 4.79 Å². The molecule has 2 heteroatoms. The first-order valence-electron chi connectivity index (χ1n) is 12.1. The fraction of sp³-hybridized carbons (Fsp3) is 0.536. The van der Waals surface area contributed by atoms with Crippen LogP contribution in [0.4, 0.5) is 0 Å². The van der Waals surface area contributed by atoms with Crippen LogP contribution in [-0.4, -0.2) is 29.8 Å². The minimum atomic E-state index is 0.126. The Labute approximate surface area is 181 Å². The summed E-state index contributed by atoms with van der Waals surface area (Å²) in [4.78, 5) is 14.3. The molecule has 2 saturated carbocycles. The smallest absolute Gasteiger partial charge is 0.159 e. The molecule has 3 aliphatic rings. The van der Waals surface area contributed by atoms with Gasteiger partial charge in [0.1, 0.15) is 0 Å². The van der Waals surface area contributed by atoms with Gasteiger partial charge in [-0.05, 0) is 99.4 Å². The third kappa shape index (κ3) is 3.99. The van der Waals surface area contributed by atoms with Crippen LogP contribution >= 0.6 is 0 Å². The van der Waals surface area contributed by atoms with Crippen molar-refractivity contribution in [1.82, 2.24) is 4.90 Å². The number of hydrogen-bond donors (Lipinski definition) is 0. The zero-order chi connectivity index (χ0) is 20.6. The Morgan fingerprint density at radius 1 is 0.800 bits per heavy atom. The lowest BCUT2D eigenvalue weighted by molar-refractivity contribution is 0.0204. The van der Waals surface area contributed by atoms with E-state index in [4.69, 9.17) is 0 Å². The summed E-state index contributed by atoms with van der Waals surface area (Å²) in [5.74, 6) is 0.857. The highest BCUT2D eigenvalue weighted by Gasteiger charge is 2.40. The van der Waals surface area contributed by atoms with E-state index in [2.05, 4.69) is 41.3 Å². The lowest BCUT2D eigenvalue weighted by atomic mass is 9.64. The zero-order valence-corrected chi connectivity index (χ0v) is 18.4. The molecule has 0 aromatic heterocycles. The van der Waals surface area contributed by atoms with Crippen LogP contribution in [0.1, 0.15) is 86.6 Å². The highest BCUT2D eigenvalue weighted by atomic mass is 16.1. The van der Waals surface area contributed by atoms with Crippen molar-refractivity contribution in [3.05, 3.63) is 59.7 Å². The first kappa shape index (κ1) is 20.0. The van der Waals surface area contributed by atoms with Gasteiger partial charge in [-0.2, -0.15) is 0 Å². The molecule has 1 heterocycles. The molecule has 2 aliphatic carbocycles. The van der Waals surface area contributed by atoms with Crippen molar-refractivity contribution in [2.45, 2.75) is 76.7 Å². The van der Waals surface area contributed by atoms with E-state index < -0.39 is 0 Å². The molecule has 158 valence electrons. The Hall–Kier alpha value is -1.93. The van der Waals surface area contributed by atoms with Crippen LogP contribution in [0.3, 0.4) is 0 Å². The number of benzene rings is 2. The first-order valence-corrected chi connectivity index (χ1v) is 12.1. The Bertz CT molecular complexity index is 860.